The molecule has 2 atom stereocenters. The van der Waals surface area contributed by atoms with Gasteiger partial charge in [0.1, 0.15) is 0 Å². The number of rotatable bonds is 2. The predicted octanol–water partition coefficient (Wildman–Crippen LogP) is 1.71. The second-order valence-corrected chi connectivity index (χ2v) is 7.59. The first-order valence-corrected chi connectivity index (χ1v) is 8.38. The van der Waals surface area contributed by atoms with E-state index in [1.54, 1.807) is 22.5 Å². The van der Waals surface area contributed by atoms with Crippen LogP contribution in [0.3, 0.4) is 0 Å². The van der Waals surface area contributed by atoms with Crippen LogP contribution in [0.5, 0.6) is 0 Å². The Balaban J connectivity index is 1.85. The molecule has 2 unspecified atom stereocenters. The summed E-state index contributed by atoms with van der Waals surface area (Å²) in [6.07, 6.45) is 1.96. The summed E-state index contributed by atoms with van der Waals surface area (Å²) in [5, 5.41) is 3.89. The predicted molar refractivity (Wildman–Crippen MR) is 74.7 cm³/mol. The largest absolute Gasteiger partial charge is 0.314 e. The van der Waals surface area contributed by atoms with Crippen LogP contribution in [0.4, 0.5) is 0 Å². The number of piperidine rings is 1. The minimum Gasteiger partial charge on any atom is -0.314 e. The first kappa shape index (κ1) is 13.4. The van der Waals surface area contributed by atoms with Gasteiger partial charge in [0.25, 0.3) is 0 Å². The molecule has 1 aromatic carbocycles. The molecule has 2 heterocycles. The second-order valence-electron chi connectivity index (χ2n) is 5.22. The maximum absolute atomic E-state index is 12.6. The molecular weight excluding hydrogens is 284 g/mol. The Morgan fingerprint density at radius 2 is 2.16 bits per heavy atom. The van der Waals surface area contributed by atoms with Crippen molar-refractivity contribution in [3.05, 3.63) is 29.3 Å². The molecule has 6 heteroatoms. The normalized spacial score (nSPS) is 28.3. The Hall–Kier alpha value is -0.620. The van der Waals surface area contributed by atoms with Crippen LogP contribution in [0, 0.1) is 5.92 Å². The van der Waals surface area contributed by atoms with Crippen molar-refractivity contribution in [1.29, 1.82) is 0 Å². The van der Waals surface area contributed by atoms with E-state index in [9.17, 15) is 8.42 Å². The highest BCUT2D eigenvalue weighted by molar-refractivity contribution is 7.89. The molecule has 19 heavy (non-hydrogen) atoms. The van der Waals surface area contributed by atoms with E-state index in [1.165, 1.54) is 6.07 Å². The number of fused-ring (bicyclic) bond motifs is 1. The lowest BCUT2D eigenvalue weighted by Gasteiger charge is -2.34. The molecule has 1 N–H and O–H groups in total. The molecule has 2 aliphatic heterocycles. The van der Waals surface area contributed by atoms with Crippen molar-refractivity contribution in [2.24, 2.45) is 5.92 Å². The Kier molecular flexibility index (Phi) is 3.55. The molecule has 0 saturated carbocycles. The van der Waals surface area contributed by atoms with Gasteiger partial charge in [0.05, 0.1) is 4.90 Å². The van der Waals surface area contributed by atoms with Crippen LogP contribution in [0.1, 0.15) is 12.8 Å². The van der Waals surface area contributed by atoms with Crippen LogP contribution in [0.25, 0.3) is 0 Å². The maximum Gasteiger partial charge on any atom is 0.243 e. The summed E-state index contributed by atoms with van der Waals surface area (Å²) in [6, 6.07) is 6.99. The van der Waals surface area contributed by atoms with Gasteiger partial charge in [0, 0.05) is 24.2 Å². The maximum atomic E-state index is 12.6. The minimum absolute atomic E-state index is 0.296. The number of halogens is 1. The highest BCUT2D eigenvalue weighted by Gasteiger charge is 2.37. The number of hydrogen-bond donors (Lipinski definition) is 1. The van der Waals surface area contributed by atoms with E-state index in [-0.39, 0.29) is 0 Å². The molecule has 1 aromatic rings. The smallest absolute Gasteiger partial charge is 0.243 e. The number of benzene rings is 1. The molecule has 2 fully saturated rings. The van der Waals surface area contributed by atoms with Gasteiger partial charge in [0.15, 0.2) is 0 Å². The van der Waals surface area contributed by atoms with Gasteiger partial charge in [-0.3, -0.25) is 0 Å². The third-order valence-corrected chi connectivity index (χ3v) is 6.15. The van der Waals surface area contributed by atoms with Crippen LogP contribution < -0.4 is 5.32 Å². The van der Waals surface area contributed by atoms with E-state index in [2.05, 4.69) is 5.32 Å². The first-order valence-electron chi connectivity index (χ1n) is 6.56. The monoisotopic (exact) mass is 300 g/mol. The molecule has 0 spiro atoms. The third-order valence-electron chi connectivity index (χ3n) is 4.05. The topological polar surface area (TPSA) is 49.4 Å². The Bertz CT molecular complexity index is 576. The number of nitrogens with zero attached hydrogens (tertiary/aromatic N) is 1. The van der Waals surface area contributed by atoms with Crippen molar-refractivity contribution in [3.8, 4) is 0 Å². The van der Waals surface area contributed by atoms with Crippen LogP contribution in [0.15, 0.2) is 29.2 Å². The SMILES string of the molecule is O=S(=O)(c1cccc(Cl)c1)N1CCC2NCCC2C1. The molecule has 0 aliphatic carbocycles. The molecule has 2 aliphatic rings. The van der Waals surface area contributed by atoms with Gasteiger partial charge in [-0.1, -0.05) is 17.7 Å². The van der Waals surface area contributed by atoms with Gasteiger partial charge in [-0.05, 0) is 43.5 Å². The van der Waals surface area contributed by atoms with Gasteiger partial charge < -0.3 is 5.32 Å². The second kappa shape index (κ2) is 5.05. The van der Waals surface area contributed by atoms with Gasteiger partial charge in [0.2, 0.25) is 10.0 Å². The zero-order valence-corrected chi connectivity index (χ0v) is 12.1. The third kappa shape index (κ3) is 2.52. The van der Waals surface area contributed by atoms with Gasteiger partial charge in [-0.15, -0.1) is 0 Å². The summed E-state index contributed by atoms with van der Waals surface area (Å²) in [6.45, 7) is 2.20. The van der Waals surface area contributed by atoms with Crippen molar-refractivity contribution >= 4 is 21.6 Å². The lowest BCUT2D eigenvalue weighted by molar-refractivity contribution is 0.247. The highest BCUT2D eigenvalue weighted by Crippen LogP contribution is 2.29. The van der Waals surface area contributed by atoms with Crippen LogP contribution >= 0.6 is 11.6 Å². The fourth-order valence-electron chi connectivity index (χ4n) is 3.01. The Morgan fingerprint density at radius 3 is 2.95 bits per heavy atom. The molecule has 0 amide bonds. The molecule has 0 bridgehead atoms. The van der Waals surface area contributed by atoms with E-state index in [0.29, 0.717) is 35.0 Å². The zero-order valence-electron chi connectivity index (χ0n) is 10.5. The van der Waals surface area contributed by atoms with E-state index < -0.39 is 10.0 Å². The van der Waals surface area contributed by atoms with Gasteiger partial charge in [-0.25, -0.2) is 8.42 Å². The molecule has 0 radical (unpaired) electrons. The van der Waals surface area contributed by atoms with Crippen molar-refractivity contribution in [2.45, 2.75) is 23.8 Å². The van der Waals surface area contributed by atoms with E-state index in [4.69, 9.17) is 11.6 Å². The number of hydrogen-bond acceptors (Lipinski definition) is 3. The molecular formula is C13H17ClN2O2S. The van der Waals surface area contributed by atoms with Crippen molar-refractivity contribution in [3.63, 3.8) is 0 Å². The average Bonchev–Trinajstić information content (AvgIpc) is 2.85. The minimum atomic E-state index is -3.40. The van der Waals surface area contributed by atoms with Crippen LogP contribution in [-0.4, -0.2) is 38.4 Å². The standard InChI is InChI=1S/C13H17ClN2O2S/c14-11-2-1-3-12(8-11)19(17,18)16-7-5-13-10(9-16)4-6-15-13/h1-3,8,10,13,15H,4-7,9H2. The fraction of sp³-hybridized carbons (Fsp3) is 0.538. The lowest BCUT2D eigenvalue weighted by Crippen LogP contribution is -2.46. The molecule has 0 aromatic heterocycles. The summed E-state index contributed by atoms with van der Waals surface area (Å²) in [5.74, 6) is 0.447. The first-order chi connectivity index (χ1) is 9.07. The quantitative estimate of drug-likeness (QED) is 0.904. The summed E-state index contributed by atoms with van der Waals surface area (Å²) in [7, 11) is -3.40. The molecule has 4 nitrogen and oxygen atoms in total. The lowest BCUT2D eigenvalue weighted by atomic mass is 9.95. The highest BCUT2D eigenvalue weighted by atomic mass is 35.5. The van der Waals surface area contributed by atoms with Crippen LogP contribution in [-0.2, 0) is 10.0 Å². The van der Waals surface area contributed by atoms with E-state index >= 15 is 0 Å². The van der Waals surface area contributed by atoms with Crippen molar-refractivity contribution < 1.29 is 8.42 Å². The number of nitrogens with one attached hydrogen (secondary N) is 1. The van der Waals surface area contributed by atoms with Gasteiger partial charge in [-0.2, -0.15) is 4.31 Å². The Morgan fingerprint density at radius 1 is 1.32 bits per heavy atom. The molecule has 3 rings (SSSR count). The summed E-state index contributed by atoms with van der Waals surface area (Å²) < 4.78 is 26.8. The molecule has 104 valence electrons. The molecule has 2 saturated heterocycles. The van der Waals surface area contributed by atoms with E-state index in [1.807, 2.05) is 0 Å². The summed E-state index contributed by atoms with van der Waals surface area (Å²) in [5.41, 5.74) is 0. The average molecular weight is 301 g/mol. The van der Waals surface area contributed by atoms with Crippen molar-refractivity contribution in [1.82, 2.24) is 9.62 Å². The summed E-state index contributed by atoms with van der Waals surface area (Å²) >= 11 is 5.89. The van der Waals surface area contributed by atoms with Crippen molar-refractivity contribution in [2.75, 3.05) is 19.6 Å². The Labute approximate surface area is 118 Å². The van der Waals surface area contributed by atoms with Crippen LogP contribution in [0.2, 0.25) is 5.02 Å². The fourth-order valence-corrected chi connectivity index (χ4v) is 4.82. The summed E-state index contributed by atoms with van der Waals surface area (Å²) in [4.78, 5) is 0.296. The number of sulfonamides is 1. The van der Waals surface area contributed by atoms with E-state index in [0.717, 1.165) is 19.4 Å². The zero-order chi connectivity index (χ0) is 13.5. The van der Waals surface area contributed by atoms with Gasteiger partial charge >= 0.3 is 0 Å².